The summed E-state index contributed by atoms with van der Waals surface area (Å²) in [5.74, 6) is 0.309. The molecule has 1 amide bonds. The minimum absolute atomic E-state index is 0.0672. The molecule has 1 N–H and O–H groups in total. The van der Waals surface area contributed by atoms with Gasteiger partial charge in [-0.2, -0.15) is 0 Å². The van der Waals surface area contributed by atoms with E-state index in [2.05, 4.69) is 10.2 Å². The van der Waals surface area contributed by atoms with Crippen molar-refractivity contribution < 1.29 is 28.9 Å². The van der Waals surface area contributed by atoms with Crippen molar-refractivity contribution in [2.45, 2.75) is 49.7 Å². The molecule has 1 saturated heterocycles. The zero-order valence-corrected chi connectivity index (χ0v) is 28.1. The third kappa shape index (κ3) is 7.49. The molecule has 1 aliphatic rings. The van der Waals surface area contributed by atoms with E-state index in [0.29, 0.717) is 63.3 Å². The van der Waals surface area contributed by atoms with Gasteiger partial charge in [-0.25, -0.2) is 0 Å². The summed E-state index contributed by atoms with van der Waals surface area (Å²) < 4.78 is 18.1. The first-order chi connectivity index (χ1) is 22.3. The Hall–Kier alpha value is -4.06. The Morgan fingerprint density at radius 1 is 0.913 bits per heavy atom. The number of rotatable bonds is 14. The molecule has 1 atom stereocenters. The molecule has 1 aliphatic heterocycles. The van der Waals surface area contributed by atoms with Gasteiger partial charge in [-0.15, -0.1) is 10.2 Å². The molecule has 4 aromatic rings. The normalized spacial score (nSPS) is 15.7. The van der Waals surface area contributed by atoms with Crippen LogP contribution in [-0.4, -0.2) is 46.8 Å². The molecule has 240 valence electrons. The molecule has 0 aliphatic carbocycles. The fraction of sp³-hybridized carbons (Fsp3) is 0.294. The molecular weight excluding hydrogens is 646 g/mol. The number of ketones is 1. The number of halogens is 1. The van der Waals surface area contributed by atoms with Gasteiger partial charge in [-0.05, 0) is 79.4 Å². The summed E-state index contributed by atoms with van der Waals surface area (Å²) >= 11 is 8.67. The van der Waals surface area contributed by atoms with Crippen LogP contribution in [0.15, 0.2) is 76.6 Å². The molecule has 5 rings (SSSR count). The monoisotopic (exact) mass is 679 g/mol. The van der Waals surface area contributed by atoms with Gasteiger partial charge in [-0.1, -0.05) is 66.7 Å². The molecule has 0 saturated carbocycles. The van der Waals surface area contributed by atoms with Crippen molar-refractivity contribution in [3.05, 3.63) is 94.0 Å². The molecule has 1 fully saturated rings. The average Bonchev–Trinajstić information content (AvgIpc) is 3.64. The van der Waals surface area contributed by atoms with Crippen LogP contribution in [0.1, 0.15) is 56.3 Å². The molecule has 12 heteroatoms. The maximum atomic E-state index is 13.7. The molecule has 0 radical (unpaired) electrons. The molecule has 0 bridgehead atoms. The second kappa shape index (κ2) is 15.5. The first-order valence-corrected chi connectivity index (χ1v) is 17.2. The smallest absolute Gasteiger partial charge is 0.301 e. The van der Waals surface area contributed by atoms with Gasteiger partial charge < -0.3 is 19.3 Å². The number of thioether (sulfide) groups is 1. The Balaban J connectivity index is 1.55. The Morgan fingerprint density at radius 3 is 2.33 bits per heavy atom. The van der Waals surface area contributed by atoms with E-state index >= 15 is 0 Å². The lowest BCUT2D eigenvalue weighted by Gasteiger charge is -2.23. The molecular formula is C34H34ClN3O6S2. The number of anilines is 1. The van der Waals surface area contributed by atoms with Crippen LogP contribution in [0.5, 0.6) is 17.2 Å². The van der Waals surface area contributed by atoms with Crippen LogP contribution >= 0.6 is 34.7 Å². The second-order valence-electron chi connectivity index (χ2n) is 10.3. The summed E-state index contributed by atoms with van der Waals surface area (Å²) in [7, 11) is 0. The number of benzene rings is 3. The summed E-state index contributed by atoms with van der Waals surface area (Å²) in [6.45, 7) is 7.31. The number of carbonyl (C=O) groups excluding carboxylic acids is 2. The Morgan fingerprint density at radius 2 is 1.63 bits per heavy atom. The maximum Gasteiger partial charge on any atom is 0.301 e. The van der Waals surface area contributed by atoms with Crippen molar-refractivity contribution >= 4 is 57.3 Å². The number of hydrogen-bond acceptors (Lipinski definition) is 10. The van der Waals surface area contributed by atoms with Gasteiger partial charge in [0, 0.05) is 16.3 Å². The quantitative estimate of drug-likeness (QED) is 0.0465. The van der Waals surface area contributed by atoms with Gasteiger partial charge in [0.2, 0.25) is 5.13 Å². The number of hydrogen-bond donors (Lipinski definition) is 1. The maximum absolute atomic E-state index is 13.7. The fourth-order valence-corrected chi connectivity index (χ4v) is 6.76. The van der Waals surface area contributed by atoms with Crippen molar-refractivity contribution in [2.24, 2.45) is 0 Å². The largest absolute Gasteiger partial charge is 0.507 e. The molecule has 0 spiro atoms. The van der Waals surface area contributed by atoms with Crippen LogP contribution < -0.4 is 19.1 Å². The predicted octanol–water partition coefficient (Wildman–Crippen LogP) is 8.09. The highest BCUT2D eigenvalue weighted by Crippen LogP contribution is 2.45. The van der Waals surface area contributed by atoms with Gasteiger partial charge in [0.05, 0.1) is 31.4 Å². The lowest BCUT2D eigenvalue weighted by Crippen LogP contribution is -2.29. The molecule has 46 heavy (non-hydrogen) atoms. The number of aromatic nitrogens is 2. The van der Waals surface area contributed by atoms with E-state index in [1.54, 1.807) is 42.5 Å². The number of Topliss-reactive ketones (excluding diaryl/α,β-unsaturated/α-hetero) is 1. The number of aliphatic hydroxyl groups is 1. The highest BCUT2D eigenvalue weighted by Gasteiger charge is 2.48. The van der Waals surface area contributed by atoms with Crippen LogP contribution in [0.3, 0.4) is 0 Å². The van der Waals surface area contributed by atoms with E-state index in [-0.39, 0.29) is 16.5 Å². The van der Waals surface area contributed by atoms with Crippen molar-refractivity contribution in [1.82, 2.24) is 10.2 Å². The van der Waals surface area contributed by atoms with Gasteiger partial charge in [0.1, 0.15) is 11.5 Å². The molecule has 1 unspecified atom stereocenters. The van der Waals surface area contributed by atoms with E-state index in [1.807, 2.05) is 45.0 Å². The Bertz CT molecular complexity index is 1710. The van der Waals surface area contributed by atoms with Gasteiger partial charge in [0.15, 0.2) is 15.8 Å². The Labute approximate surface area is 281 Å². The Kier molecular flexibility index (Phi) is 11.2. The lowest BCUT2D eigenvalue weighted by atomic mass is 9.95. The van der Waals surface area contributed by atoms with Gasteiger partial charge in [0.25, 0.3) is 5.78 Å². The van der Waals surface area contributed by atoms with E-state index in [0.717, 1.165) is 18.4 Å². The third-order valence-corrected chi connectivity index (χ3v) is 9.35. The van der Waals surface area contributed by atoms with E-state index < -0.39 is 17.7 Å². The van der Waals surface area contributed by atoms with Crippen molar-refractivity contribution in [3.8, 4) is 17.2 Å². The van der Waals surface area contributed by atoms with Crippen LogP contribution in [0.4, 0.5) is 5.13 Å². The van der Waals surface area contributed by atoms with Gasteiger partial charge in [-0.3, -0.25) is 14.5 Å². The summed E-state index contributed by atoms with van der Waals surface area (Å²) in [6, 6.07) is 18.5. The van der Waals surface area contributed by atoms with Gasteiger partial charge >= 0.3 is 5.91 Å². The fourth-order valence-electron chi connectivity index (χ4n) is 4.81. The number of aliphatic hydroxyl groups excluding tert-OH is 1. The van der Waals surface area contributed by atoms with Crippen LogP contribution in [-0.2, 0) is 15.3 Å². The van der Waals surface area contributed by atoms with Crippen molar-refractivity contribution in [1.29, 1.82) is 0 Å². The van der Waals surface area contributed by atoms with E-state index in [1.165, 1.54) is 28.0 Å². The second-order valence-corrected chi connectivity index (χ2v) is 12.9. The topological polar surface area (TPSA) is 111 Å². The van der Waals surface area contributed by atoms with Crippen molar-refractivity contribution in [2.75, 3.05) is 24.7 Å². The first kappa shape index (κ1) is 33.3. The van der Waals surface area contributed by atoms with Crippen LogP contribution in [0, 0.1) is 0 Å². The average molecular weight is 680 g/mol. The minimum atomic E-state index is -1.00. The first-order valence-electron chi connectivity index (χ1n) is 15.0. The van der Waals surface area contributed by atoms with E-state index in [9.17, 15) is 14.7 Å². The van der Waals surface area contributed by atoms with Crippen molar-refractivity contribution in [3.63, 3.8) is 0 Å². The molecule has 2 heterocycles. The number of carbonyl (C=O) groups is 2. The lowest BCUT2D eigenvalue weighted by molar-refractivity contribution is -0.132. The standard InChI is InChI=1S/C34H34ClN3O6S2/c1-4-17-43-25-14-9-22(10-15-25)30(39)28-29(23-11-16-26(44-18-5-2)27(19-23)42-6-3)38(32(41)31(28)40)33-36-37-34(46-33)45-20-21-7-12-24(35)13-8-21/h7-16,19,29,39H,4-6,17-18,20H2,1-3H3/b30-28+. The SMILES string of the molecule is CCCOc1ccc(/C(O)=C2\C(=O)C(=O)N(c3nnc(SCc4ccc(Cl)cc4)s3)C2c2ccc(OCCC)c(OCC)c2)cc1. The van der Waals surface area contributed by atoms with Crippen LogP contribution in [0.25, 0.3) is 5.76 Å². The summed E-state index contributed by atoms with van der Waals surface area (Å²) in [4.78, 5) is 28.7. The summed E-state index contributed by atoms with van der Waals surface area (Å²) in [6.07, 6.45) is 1.66. The highest BCUT2D eigenvalue weighted by atomic mass is 35.5. The van der Waals surface area contributed by atoms with E-state index in [4.69, 9.17) is 25.8 Å². The number of ether oxygens (including phenoxy) is 3. The van der Waals surface area contributed by atoms with Crippen LogP contribution in [0.2, 0.25) is 5.02 Å². The number of nitrogens with zero attached hydrogens (tertiary/aromatic N) is 3. The third-order valence-electron chi connectivity index (χ3n) is 6.97. The number of amides is 1. The zero-order chi connectivity index (χ0) is 32.6. The minimum Gasteiger partial charge on any atom is -0.507 e. The zero-order valence-electron chi connectivity index (χ0n) is 25.7. The highest BCUT2D eigenvalue weighted by molar-refractivity contribution is 8.00. The summed E-state index contributed by atoms with van der Waals surface area (Å²) in [5.41, 5.74) is 1.90. The molecule has 1 aromatic heterocycles. The summed E-state index contributed by atoms with van der Waals surface area (Å²) in [5, 5.41) is 21.1. The molecule has 3 aromatic carbocycles. The molecule has 9 nitrogen and oxygen atoms in total. The predicted molar refractivity (Wildman–Crippen MR) is 181 cm³/mol.